The van der Waals surface area contributed by atoms with Crippen molar-refractivity contribution in [1.29, 1.82) is 0 Å². The van der Waals surface area contributed by atoms with E-state index in [0.717, 1.165) is 5.56 Å². The molecule has 0 aliphatic heterocycles. The van der Waals surface area contributed by atoms with Crippen LogP contribution in [0.4, 0.5) is 10.5 Å². The molecule has 0 radical (unpaired) electrons. The van der Waals surface area contributed by atoms with Crippen LogP contribution in [0.25, 0.3) is 0 Å². The molecule has 2 aromatic rings. The highest BCUT2D eigenvalue weighted by Gasteiger charge is 2.26. The average molecular weight is 478 g/mol. The van der Waals surface area contributed by atoms with Crippen LogP contribution in [0.2, 0.25) is 0 Å². The van der Waals surface area contributed by atoms with Crippen LogP contribution >= 0.6 is 0 Å². The summed E-state index contributed by atoms with van der Waals surface area (Å²) in [6, 6.07) is 12.5. The van der Waals surface area contributed by atoms with Crippen LogP contribution in [0.1, 0.15) is 26.3 Å². The van der Waals surface area contributed by atoms with Crippen molar-refractivity contribution >= 4 is 27.7 Å². The standard InChI is InChI=1S/C23H31N3O6S/c1-5-26(6-2)33(29,30)18-13-14-21(32-7-3)19(16-18)24-22(27)20(25-23(28)31-4)15-17-11-9-8-10-12-17/h8-14,16,20H,5-7,15H2,1-4H3,(H,24,27)(H,25,28). The molecule has 0 aliphatic carbocycles. The number of benzene rings is 2. The van der Waals surface area contributed by atoms with Gasteiger partial charge in [0.2, 0.25) is 15.9 Å². The van der Waals surface area contributed by atoms with E-state index in [0.29, 0.717) is 25.4 Å². The van der Waals surface area contributed by atoms with Gasteiger partial charge in [0, 0.05) is 19.5 Å². The summed E-state index contributed by atoms with van der Waals surface area (Å²) in [5.41, 5.74) is 1.02. The number of nitrogens with zero attached hydrogens (tertiary/aromatic N) is 1. The van der Waals surface area contributed by atoms with E-state index in [2.05, 4.69) is 15.4 Å². The second kappa shape index (κ2) is 12.2. The molecule has 0 spiro atoms. The molecule has 0 bridgehead atoms. The minimum atomic E-state index is -3.75. The van der Waals surface area contributed by atoms with E-state index in [4.69, 9.17) is 4.74 Å². The molecule has 9 nitrogen and oxygen atoms in total. The van der Waals surface area contributed by atoms with Crippen molar-refractivity contribution in [3.05, 3.63) is 54.1 Å². The molecule has 0 aliphatic rings. The third-order valence-corrected chi connectivity index (χ3v) is 6.97. The lowest BCUT2D eigenvalue weighted by Crippen LogP contribution is -2.45. The molecule has 1 unspecified atom stereocenters. The summed E-state index contributed by atoms with van der Waals surface area (Å²) in [5.74, 6) is -0.219. The van der Waals surface area contributed by atoms with Gasteiger partial charge >= 0.3 is 6.09 Å². The Morgan fingerprint density at radius 1 is 1.03 bits per heavy atom. The van der Waals surface area contributed by atoms with Crippen LogP contribution in [0, 0.1) is 0 Å². The summed E-state index contributed by atoms with van der Waals surface area (Å²) in [7, 11) is -2.54. The van der Waals surface area contributed by atoms with E-state index in [1.807, 2.05) is 30.3 Å². The number of nitrogens with one attached hydrogen (secondary N) is 2. The van der Waals surface area contributed by atoms with Crippen LogP contribution in [0.3, 0.4) is 0 Å². The number of carbonyl (C=O) groups excluding carboxylic acids is 2. The molecule has 0 saturated heterocycles. The zero-order valence-corrected chi connectivity index (χ0v) is 20.1. The molecule has 0 heterocycles. The Kier molecular flexibility index (Phi) is 9.68. The zero-order chi connectivity index (χ0) is 24.4. The lowest BCUT2D eigenvalue weighted by Gasteiger charge is -2.21. The third kappa shape index (κ3) is 6.93. The van der Waals surface area contributed by atoms with Crippen molar-refractivity contribution in [3.63, 3.8) is 0 Å². The van der Waals surface area contributed by atoms with Crippen LogP contribution in [0.5, 0.6) is 5.75 Å². The Bertz CT molecular complexity index is 1040. The van der Waals surface area contributed by atoms with E-state index < -0.39 is 28.1 Å². The molecule has 0 fully saturated rings. The first-order valence-electron chi connectivity index (χ1n) is 10.7. The van der Waals surface area contributed by atoms with Gasteiger partial charge in [-0.05, 0) is 30.7 Å². The Morgan fingerprint density at radius 2 is 1.70 bits per heavy atom. The van der Waals surface area contributed by atoms with Crippen LogP contribution in [-0.4, -0.2) is 57.6 Å². The van der Waals surface area contributed by atoms with Gasteiger partial charge in [-0.3, -0.25) is 4.79 Å². The zero-order valence-electron chi connectivity index (χ0n) is 19.3. The van der Waals surface area contributed by atoms with Gasteiger partial charge < -0.3 is 20.1 Å². The van der Waals surface area contributed by atoms with Gasteiger partial charge in [-0.1, -0.05) is 44.2 Å². The fourth-order valence-corrected chi connectivity index (χ4v) is 4.73. The maximum absolute atomic E-state index is 13.1. The largest absolute Gasteiger partial charge is 0.492 e. The molecule has 180 valence electrons. The van der Waals surface area contributed by atoms with E-state index >= 15 is 0 Å². The van der Waals surface area contributed by atoms with Gasteiger partial charge in [0.05, 0.1) is 24.3 Å². The Morgan fingerprint density at radius 3 is 2.27 bits per heavy atom. The summed E-state index contributed by atoms with van der Waals surface area (Å²) < 4.78 is 37.5. The number of hydrogen-bond acceptors (Lipinski definition) is 6. The molecular formula is C23H31N3O6S. The first-order chi connectivity index (χ1) is 15.8. The molecule has 10 heteroatoms. The first kappa shape index (κ1) is 26.1. The first-order valence-corrected chi connectivity index (χ1v) is 12.2. The molecule has 0 aromatic heterocycles. The Balaban J connectivity index is 2.39. The fraction of sp³-hybridized carbons (Fsp3) is 0.391. The summed E-state index contributed by atoms with van der Waals surface area (Å²) in [6.07, 6.45) is -0.544. The van der Waals surface area contributed by atoms with Crippen molar-refractivity contribution in [2.24, 2.45) is 0 Å². The minimum absolute atomic E-state index is 0.0329. The van der Waals surface area contributed by atoms with Crippen molar-refractivity contribution in [3.8, 4) is 5.75 Å². The Hall–Kier alpha value is -3.11. The molecule has 2 N–H and O–H groups in total. The van der Waals surface area contributed by atoms with E-state index in [1.165, 1.54) is 29.6 Å². The number of rotatable bonds is 11. The second-order valence-corrected chi connectivity index (χ2v) is 8.99. The second-order valence-electron chi connectivity index (χ2n) is 7.05. The highest BCUT2D eigenvalue weighted by Crippen LogP contribution is 2.29. The minimum Gasteiger partial charge on any atom is -0.492 e. The topological polar surface area (TPSA) is 114 Å². The van der Waals surface area contributed by atoms with Crippen molar-refractivity contribution < 1.29 is 27.5 Å². The number of alkyl carbamates (subject to hydrolysis) is 1. The number of ether oxygens (including phenoxy) is 2. The van der Waals surface area contributed by atoms with Crippen molar-refractivity contribution in [1.82, 2.24) is 9.62 Å². The highest BCUT2D eigenvalue weighted by atomic mass is 32.2. The quantitative estimate of drug-likeness (QED) is 0.514. The lowest BCUT2D eigenvalue weighted by molar-refractivity contribution is -0.118. The van der Waals surface area contributed by atoms with Gasteiger partial charge in [-0.2, -0.15) is 4.31 Å². The predicted octanol–water partition coefficient (Wildman–Crippen LogP) is 3.02. The Labute approximate surface area is 195 Å². The number of anilines is 1. The number of hydrogen-bond donors (Lipinski definition) is 2. The van der Waals surface area contributed by atoms with Gasteiger partial charge in [-0.25, -0.2) is 13.2 Å². The number of sulfonamides is 1. The van der Waals surface area contributed by atoms with Gasteiger partial charge in [0.25, 0.3) is 0 Å². The molecule has 2 rings (SSSR count). The molecular weight excluding hydrogens is 446 g/mol. The normalized spacial score (nSPS) is 12.2. The van der Waals surface area contributed by atoms with Gasteiger partial charge in [-0.15, -0.1) is 0 Å². The fourth-order valence-electron chi connectivity index (χ4n) is 3.24. The summed E-state index contributed by atoms with van der Waals surface area (Å²) in [5, 5.41) is 5.24. The molecule has 1 atom stereocenters. The van der Waals surface area contributed by atoms with Gasteiger partial charge in [0.1, 0.15) is 11.8 Å². The smallest absolute Gasteiger partial charge is 0.407 e. The van der Waals surface area contributed by atoms with E-state index in [-0.39, 0.29) is 17.0 Å². The molecule has 33 heavy (non-hydrogen) atoms. The average Bonchev–Trinajstić information content (AvgIpc) is 2.81. The van der Waals surface area contributed by atoms with Crippen LogP contribution in [0.15, 0.2) is 53.4 Å². The number of methoxy groups -OCH3 is 1. The van der Waals surface area contributed by atoms with Gasteiger partial charge in [0.15, 0.2) is 0 Å². The predicted molar refractivity (Wildman–Crippen MR) is 126 cm³/mol. The highest BCUT2D eigenvalue weighted by molar-refractivity contribution is 7.89. The summed E-state index contributed by atoms with van der Waals surface area (Å²) in [6.45, 7) is 6.24. The maximum Gasteiger partial charge on any atom is 0.407 e. The molecule has 2 amide bonds. The van der Waals surface area contributed by atoms with Crippen molar-refractivity contribution in [2.75, 3.05) is 32.1 Å². The molecule has 2 aromatic carbocycles. The maximum atomic E-state index is 13.1. The van der Waals surface area contributed by atoms with E-state index in [1.54, 1.807) is 20.8 Å². The van der Waals surface area contributed by atoms with E-state index in [9.17, 15) is 18.0 Å². The van der Waals surface area contributed by atoms with Crippen molar-refractivity contribution in [2.45, 2.75) is 38.1 Å². The van der Waals surface area contributed by atoms with Crippen LogP contribution < -0.4 is 15.4 Å². The number of carbonyl (C=O) groups is 2. The summed E-state index contributed by atoms with van der Waals surface area (Å²) in [4.78, 5) is 25.0. The SMILES string of the molecule is CCOc1ccc(S(=O)(=O)N(CC)CC)cc1NC(=O)C(Cc1ccccc1)NC(=O)OC. The monoisotopic (exact) mass is 477 g/mol. The summed E-state index contributed by atoms with van der Waals surface area (Å²) >= 11 is 0. The number of amides is 2. The van der Waals surface area contributed by atoms with Crippen LogP contribution in [-0.2, 0) is 26.0 Å². The molecule has 0 saturated carbocycles. The lowest BCUT2D eigenvalue weighted by atomic mass is 10.1. The third-order valence-electron chi connectivity index (χ3n) is 4.93.